The van der Waals surface area contributed by atoms with Crippen molar-refractivity contribution in [1.82, 2.24) is 10.2 Å². The van der Waals surface area contributed by atoms with Crippen LogP contribution < -0.4 is 10.1 Å². The van der Waals surface area contributed by atoms with E-state index in [2.05, 4.69) is 5.32 Å². The van der Waals surface area contributed by atoms with E-state index in [4.69, 9.17) is 4.74 Å². The van der Waals surface area contributed by atoms with E-state index in [1.807, 2.05) is 45.0 Å². The van der Waals surface area contributed by atoms with Gasteiger partial charge in [-0.3, -0.25) is 4.79 Å². The summed E-state index contributed by atoms with van der Waals surface area (Å²) in [6, 6.07) is 7.53. The van der Waals surface area contributed by atoms with Gasteiger partial charge in [-0.05, 0) is 37.0 Å². The van der Waals surface area contributed by atoms with Crippen molar-refractivity contribution in [1.29, 1.82) is 0 Å². The number of amides is 1. The van der Waals surface area contributed by atoms with Crippen LogP contribution in [0.3, 0.4) is 0 Å². The summed E-state index contributed by atoms with van der Waals surface area (Å²) in [6.07, 6.45) is -1.41. The zero-order valence-corrected chi connectivity index (χ0v) is 16.4. The summed E-state index contributed by atoms with van der Waals surface area (Å²) in [5, 5.41) is 22.8. The third kappa shape index (κ3) is 4.59. The molecule has 0 aliphatic carbocycles. The summed E-state index contributed by atoms with van der Waals surface area (Å²) < 4.78 is 5.31. The molecule has 1 aromatic carbocycles. The van der Waals surface area contributed by atoms with Crippen LogP contribution in [0.4, 0.5) is 0 Å². The lowest BCUT2D eigenvalue weighted by atomic mass is 9.84. The average Bonchev–Trinajstić information content (AvgIpc) is 2.65. The van der Waals surface area contributed by atoms with Crippen LogP contribution in [0.1, 0.15) is 32.8 Å². The molecule has 1 heterocycles. The molecular weight excluding hydrogens is 348 g/mol. The number of methoxy groups -OCH3 is 1. The molecule has 1 aliphatic heterocycles. The molecule has 0 saturated carbocycles. The highest BCUT2D eigenvalue weighted by molar-refractivity contribution is 5.86. The van der Waals surface area contributed by atoms with Crippen molar-refractivity contribution in [2.45, 2.75) is 38.8 Å². The number of carbonyl (C=O) groups is 2. The van der Waals surface area contributed by atoms with Crippen LogP contribution in [0.5, 0.6) is 5.75 Å². The van der Waals surface area contributed by atoms with E-state index in [1.54, 1.807) is 12.0 Å². The molecule has 0 unspecified atom stereocenters. The summed E-state index contributed by atoms with van der Waals surface area (Å²) in [7, 11) is 1.59. The number of rotatable bonds is 7. The molecule has 0 aromatic heterocycles. The number of piperazine rings is 1. The first-order valence-corrected chi connectivity index (χ1v) is 9.28. The Kier molecular flexibility index (Phi) is 6.84. The van der Waals surface area contributed by atoms with Gasteiger partial charge in [0.15, 0.2) is 6.10 Å². The normalized spacial score (nSPS) is 22.4. The number of nitrogens with one attached hydrogen (secondary N) is 1. The maximum absolute atomic E-state index is 13.4. The van der Waals surface area contributed by atoms with Gasteiger partial charge in [0, 0.05) is 19.6 Å². The van der Waals surface area contributed by atoms with Gasteiger partial charge in [-0.2, -0.15) is 0 Å². The van der Waals surface area contributed by atoms with E-state index in [-0.39, 0.29) is 11.8 Å². The first kappa shape index (κ1) is 21.2. The predicted molar refractivity (Wildman–Crippen MR) is 102 cm³/mol. The number of hydrogen-bond donors (Lipinski definition) is 3. The highest BCUT2D eigenvalue weighted by Crippen LogP contribution is 2.34. The highest BCUT2D eigenvalue weighted by atomic mass is 16.5. The van der Waals surface area contributed by atoms with Crippen molar-refractivity contribution < 1.29 is 24.5 Å². The second-order valence-electron chi connectivity index (χ2n) is 7.69. The van der Waals surface area contributed by atoms with E-state index in [9.17, 15) is 19.8 Å². The first-order valence-electron chi connectivity index (χ1n) is 9.28. The van der Waals surface area contributed by atoms with Crippen LogP contribution >= 0.6 is 0 Å². The molecule has 1 aromatic rings. The van der Waals surface area contributed by atoms with Crippen molar-refractivity contribution >= 4 is 11.9 Å². The van der Waals surface area contributed by atoms with Crippen LogP contribution in [0.25, 0.3) is 0 Å². The molecule has 7 nitrogen and oxygen atoms in total. The number of nitrogens with zero attached hydrogens (tertiary/aromatic N) is 1. The molecule has 3 atom stereocenters. The second-order valence-corrected chi connectivity index (χ2v) is 7.69. The molecule has 2 rings (SSSR count). The van der Waals surface area contributed by atoms with Crippen molar-refractivity contribution in [3.63, 3.8) is 0 Å². The van der Waals surface area contributed by atoms with Crippen molar-refractivity contribution in [3.8, 4) is 5.75 Å². The number of aliphatic hydroxyl groups excluding tert-OH is 1. The van der Waals surface area contributed by atoms with Crippen molar-refractivity contribution in [3.05, 3.63) is 29.8 Å². The van der Waals surface area contributed by atoms with Gasteiger partial charge in [0.2, 0.25) is 5.91 Å². The maximum atomic E-state index is 13.4. The Morgan fingerprint density at radius 2 is 2.07 bits per heavy atom. The van der Waals surface area contributed by atoms with E-state index in [0.717, 1.165) is 5.56 Å². The number of ether oxygens (including phenoxy) is 1. The third-order valence-corrected chi connectivity index (χ3v) is 5.21. The smallest absolute Gasteiger partial charge is 0.333 e. The van der Waals surface area contributed by atoms with Gasteiger partial charge in [-0.15, -0.1) is 0 Å². The van der Waals surface area contributed by atoms with Crippen LogP contribution in [0.2, 0.25) is 0 Å². The maximum Gasteiger partial charge on any atom is 0.333 e. The van der Waals surface area contributed by atoms with Gasteiger partial charge in [0.05, 0.1) is 18.6 Å². The Bertz CT molecular complexity index is 678. The zero-order chi connectivity index (χ0) is 20.2. The van der Waals surface area contributed by atoms with Gasteiger partial charge in [0.25, 0.3) is 0 Å². The Labute approximate surface area is 160 Å². The summed E-state index contributed by atoms with van der Waals surface area (Å²) >= 11 is 0. The lowest BCUT2D eigenvalue weighted by Crippen LogP contribution is -2.61. The quantitative estimate of drug-likeness (QED) is 0.664. The number of aliphatic carboxylic acids is 1. The molecule has 1 amide bonds. The van der Waals surface area contributed by atoms with Crippen LogP contribution in [-0.4, -0.2) is 59.8 Å². The number of hydrogen-bond acceptors (Lipinski definition) is 5. The van der Waals surface area contributed by atoms with Crippen molar-refractivity contribution in [2.75, 3.05) is 26.7 Å². The van der Waals surface area contributed by atoms with Crippen molar-refractivity contribution in [2.24, 2.45) is 11.8 Å². The van der Waals surface area contributed by atoms with Gasteiger partial charge < -0.3 is 25.2 Å². The minimum Gasteiger partial charge on any atom is -0.497 e. The number of carboxylic acids is 1. The Morgan fingerprint density at radius 1 is 1.37 bits per heavy atom. The van der Waals surface area contributed by atoms with Crippen LogP contribution in [0, 0.1) is 11.8 Å². The van der Waals surface area contributed by atoms with Crippen LogP contribution in [0.15, 0.2) is 24.3 Å². The van der Waals surface area contributed by atoms with E-state index >= 15 is 0 Å². The fourth-order valence-corrected chi connectivity index (χ4v) is 3.68. The minimum absolute atomic E-state index is 0.0824. The van der Waals surface area contributed by atoms with Gasteiger partial charge >= 0.3 is 5.97 Å². The molecule has 150 valence electrons. The SMILES string of the molecule is COc1cccc([C@]2(C)CNCCN2C(=O)[C@@H](CC(C)C)[C@H](O)C(=O)O)c1. The van der Waals surface area contributed by atoms with Gasteiger partial charge in [-0.25, -0.2) is 4.79 Å². The standard InChI is InChI=1S/C20H30N2O5/c1-13(2)10-16(17(23)19(25)26)18(24)22-9-8-21-12-20(22,3)14-6-5-7-15(11-14)27-4/h5-7,11,13,16-17,21,23H,8-10,12H2,1-4H3,(H,25,26)/t16-,17-,20-/m0/s1. The monoisotopic (exact) mass is 378 g/mol. The topological polar surface area (TPSA) is 99.1 Å². The Balaban J connectivity index is 2.41. The summed E-state index contributed by atoms with van der Waals surface area (Å²) in [5.41, 5.74) is 0.229. The molecule has 0 spiro atoms. The number of carboxylic acid groups (broad SMARTS) is 1. The van der Waals surface area contributed by atoms with Crippen LogP contribution in [-0.2, 0) is 15.1 Å². The Morgan fingerprint density at radius 3 is 2.67 bits per heavy atom. The molecule has 1 saturated heterocycles. The average molecular weight is 378 g/mol. The molecule has 7 heteroatoms. The molecule has 1 aliphatic rings. The molecular formula is C20H30N2O5. The first-order chi connectivity index (χ1) is 12.7. The molecule has 3 N–H and O–H groups in total. The predicted octanol–water partition coefficient (Wildman–Crippen LogP) is 1.45. The summed E-state index contributed by atoms with van der Waals surface area (Å²) in [4.78, 5) is 26.4. The minimum atomic E-state index is -1.72. The zero-order valence-electron chi connectivity index (χ0n) is 16.4. The second kappa shape index (κ2) is 8.71. The molecule has 1 fully saturated rings. The fraction of sp³-hybridized carbons (Fsp3) is 0.600. The number of aliphatic hydroxyl groups is 1. The van der Waals surface area contributed by atoms with Gasteiger partial charge in [0.1, 0.15) is 5.75 Å². The van der Waals surface area contributed by atoms with E-state index in [1.165, 1.54) is 0 Å². The van der Waals surface area contributed by atoms with E-state index in [0.29, 0.717) is 31.8 Å². The fourth-order valence-electron chi connectivity index (χ4n) is 3.68. The largest absolute Gasteiger partial charge is 0.497 e. The highest BCUT2D eigenvalue weighted by Gasteiger charge is 2.44. The third-order valence-electron chi connectivity index (χ3n) is 5.21. The lowest BCUT2D eigenvalue weighted by molar-refractivity contribution is -0.160. The summed E-state index contributed by atoms with van der Waals surface area (Å²) in [5.74, 6) is -1.90. The molecule has 0 bridgehead atoms. The summed E-state index contributed by atoms with van der Waals surface area (Å²) in [6.45, 7) is 7.35. The molecule has 27 heavy (non-hydrogen) atoms. The van der Waals surface area contributed by atoms with E-state index < -0.39 is 23.5 Å². The molecule has 0 radical (unpaired) electrons. The van der Waals surface area contributed by atoms with Gasteiger partial charge in [-0.1, -0.05) is 26.0 Å². The number of carbonyl (C=O) groups excluding carboxylic acids is 1. The number of benzene rings is 1. The Hall–Kier alpha value is -2.12. The lowest BCUT2D eigenvalue weighted by Gasteiger charge is -2.47.